The maximum Gasteiger partial charge on any atom is 0.317 e. The van der Waals surface area contributed by atoms with Gasteiger partial charge in [0.25, 0.3) is 5.69 Å². The summed E-state index contributed by atoms with van der Waals surface area (Å²) in [5.74, 6) is 0.0555. The summed E-state index contributed by atoms with van der Waals surface area (Å²) in [5, 5.41) is 31.0. The number of aromatic hydroxyl groups is 1. The van der Waals surface area contributed by atoms with Gasteiger partial charge in [-0.2, -0.15) is 8.42 Å². The number of sulfone groups is 1. The number of halogens is 2. The van der Waals surface area contributed by atoms with E-state index >= 15 is 0 Å². The third-order valence-electron chi connectivity index (χ3n) is 4.97. The second-order valence-corrected chi connectivity index (χ2v) is 13.8. The molecule has 0 unspecified atom stereocenters. The molecular formula is C23H17Cl2N3O7S3. The zero-order valence-electron chi connectivity index (χ0n) is 19.2. The van der Waals surface area contributed by atoms with Crippen LogP contribution in [0.2, 0.25) is 0 Å². The van der Waals surface area contributed by atoms with Gasteiger partial charge in [-0.25, -0.2) is 8.42 Å². The van der Waals surface area contributed by atoms with Crippen LogP contribution in [-0.2, 0) is 18.1 Å². The van der Waals surface area contributed by atoms with Crippen molar-refractivity contribution in [3.8, 4) is 16.9 Å². The first-order valence-corrected chi connectivity index (χ1v) is 15.7. The summed E-state index contributed by atoms with van der Waals surface area (Å²) in [4.78, 5) is 10.9. The van der Waals surface area contributed by atoms with E-state index < -0.39 is 23.0 Å². The zero-order chi connectivity index (χ0) is 28.3. The van der Waals surface area contributed by atoms with Crippen LogP contribution in [0.1, 0.15) is 0 Å². The van der Waals surface area contributed by atoms with Crippen molar-refractivity contribution in [3.05, 3.63) is 82.9 Å². The molecule has 0 amide bonds. The summed E-state index contributed by atoms with van der Waals surface area (Å²) in [6.07, 6.45) is 0.948. The van der Waals surface area contributed by atoms with E-state index in [-0.39, 0.29) is 22.0 Å². The molecule has 0 bridgehead atoms. The number of rotatable bonds is 5. The molecule has 0 heterocycles. The van der Waals surface area contributed by atoms with E-state index in [0.717, 1.165) is 28.3 Å². The Morgan fingerprint density at radius 2 is 1.50 bits per heavy atom. The summed E-state index contributed by atoms with van der Waals surface area (Å²) < 4.78 is 42.7. The Bertz CT molecular complexity index is 1790. The molecule has 0 saturated heterocycles. The lowest BCUT2D eigenvalue weighted by Gasteiger charge is -2.11. The van der Waals surface area contributed by atoms with Crippen LogP contribution in [0.4, 0.5) is 17.1 Å². The molecule has 4 rings (SSSR count). The number of nitro benzene ring substituents is 1. The largest absolute Gasteiger partial charge is 0.507 e. The summed E-state index contributed by atoms with van der Waals surface area (Å²) in [7, 11) is 1.01. The Balaban J connectivity index is 0.000000732. The number of fused-ring (bicyclic) bond motifs is 1. The van der Waals surface area contributed by atoms with Crippen LogP contribution in [0.15, 0.2) is 92.8 Å². The normalized spacial score (nSPS) is 11.8. The van der Waals surface area contributed by atoms with Crippen LogP contribution >= 0.6 is 34.0 Å². The van der Waals surface area contributed by atoms with Crippen LogP contribution in [0.25, 0.3) is 21.9 Å². The van der Waals surface area contributed by atoms with Crippen molar-refractivity contribution in [1.29, 1.82) is 0 Å². The molecule has 0 aliphatic rings. The summed E-state index contributed by atoms with van der Waals surface area (Å²) >= 11 is 4.40. The maximum absolute atomic E-state index is 12.2. The number of non-ortho nitro benzene ring substituents is 1. The van der Waals surface area contributed by atoms with Gasteiger partial charge in [-0.05, 0) is 41.5 Å². The Kier molecular flexibility index (Phi) is 9.00. The molecule has 10 nitrogen and oxygen atoms in total. The molecular weight excluding hydrogens is 597 g/mol. The zero-order valence-corrected chi connectivity index (χ0v) is 23.2. The molecule has 198 valence electrons. The van der Waals surface area contributed by atoms with Gasteiger partial charge in [-0.3, -0.25) is 10.1 Å². The van der Waals surface area contributed by atoms with Gasteiger partial charge in [-0.1, -0.05) is 30.3 Å². The molecule has 38 heavy (non-hydrogen) atoms. The highest BCUT2D eigenvalue weighted by atomic mass is 36.0. The number of phenolic OH excluding ortho intramolecular Hbond substituents is 1. The lowest BCUT2D eigenvalue weighted by Crippen LogP contribution is -1.99. The van der Waals surface area contributed by atoms with E-state index in [1.807, 2.05) is 36.4 Å². The van der Waals surface area contributed by atoms with E-state index in [0.29, 0.717) is 16.5 Å². The predicted octanol–water partition coefficient (Wildman–Crippen LogP) is 6.94. The smallest absolute Gasteiger partial charge is 0.317 e. The monoisotopic (exact) mass is 613 g/mol. The lowest BCUT2D eigenvalue weighted by molar-refractivity contribution is -0.385. The topological polar surface area (TPSA) is 156 Å². The van der Waals surface area contributed by atoms with Crippen LogP contribution in [0.3, 0.4) is 0 Å². The third-order valence-corrected chi connectivity index (χ3v) is 6.38. The Hall–Kier alpha value is -3.23. The van der Waals surface area contributed by atoms with Crippen molar-refractivity contribution in [1.82, 2.24) is 0 Å². The molecule has 0 atom stereocenters. The van der Waals surface area contributed by atoms with Crippen molar-refractivity contribution < 1.29 is 26.9 Å². The van der Waals surface area contributed by atoms with Crippen LogP contribution in [-0.4, -0.2) is 33.1 Å². The van der Waals surface area contributed by atoms with Gasteiger partial charge < -0.3 is 5.11 Å². The van der Waals surface area contributed by atoms with E-state index in [1.54, 1.807) is 12.1 Å². The van der Waals surface area contributed by atoms with E-state index in [2.05, 4.69) is 44.2 Å². The third kappa shape index (κ3) is 7.65. The number of azo groups is 1. The molecule has 15 heteroatoms. The molecule has 1 N–H and O–H groups in total. The molecule has 0 fully saturated rings. The van der Waals surface area contributed by atoms with Crippen molar-refractivity contribution >= 4 is 79.9 Å². The fourth-order valence-electron chi connectivity index (χ4n) is 3.47. The minimum Gasteiger partial charge on any atom is -0.507 e. The van der Waals surface area contributed by atoms with Crippen molar-refractivity contribution in [3.63, 3.8) is 0 Å². The molecule has 4 aromatic rings. The Morgan fingerprint density at radius 1 is 0.895 bits per heavy atom. The number of benzene rings is 4. The predicted molar refractivity (Wildman–Crippen MR) is 149 cm³/mol. The number of thiol groups is 1. The van der Waals surface area contributed by atoms with Crippen LogP contribution in [0.5, 0.6) is 5.75 Å². The first-order chi connectivity index (χ1) is 17.6. The fraction of sp³-hybridized carbons (Fsp3) is 0.0435. The minimum absolute atomic E-state index is 0.0286. The maximum atomic E-state index is 12.2. The van der Waals surface area contributed by atoms with Gasteiger partial charge in [0.2, 0.25) is 0 Å². The number of hydrogen-bond acceptors (Lipinski definition) is 10. The summed E-state index contributed by atoms with van der Waals surface area (Å²) in [5.41, 5.74) is 1.63. The molecule has 0 saturated carbocycles. The number of hydrogen-bond donors (Lipinski definition) is 2. The van der Waals surface area contributed by atoms with Crippen LogP contribution in [0, 0.1) is 10.1 Å². The summed E-state index contributed by atoms with van der Waals surface area (Å²) in [6, 6.07) is 19.3. The molecule has 0 aliphatic heterocycles. The van der Waals surface area contributed by atoms with Gasteiger partial charge >= 0.3 is 8.26 Å². The number of phenols is 1. The van der Waals surface area contributed by atoms with Crippen molar-refractivity contribution in [2.45, 2.75) is 9.79 Å². The fourth-order valence-corrected chi connectivity index (χ4v) is 4.52. The van der Waals surface area contributed by atoms with Crippen LogP contribution < -0.4 is 0 Å². The van der Waals surface area contributed by atoms with Gasteiger partial charge in [0.1, 0.15) is 16.3 Å². The molecule has 4 aromatic carbocycles. The highest BCUT2D eigenvalue weighted by Crippen LogP contribution is 2.41. The first kappa shape index (κ1) is 29.3. The number of nitrogens with zero attached hydrogens (tertiary/aromatic N) is 3. The summed E-state index contributed by atoms with van der Waals surface area (Å²) in [6.45, 7) is 0. The Labute approximate surface area is 232 Å². The van der Waals surface area contributed by atoms with E-state index in [1.165, 1.54) is 18.2 Å². The first-order valence-electron chi connectivity index (χ1n) is 10.2. The highest BCUT2D eigenvalue weighted by molar-refractivity contribution is 8.31. The van der Waals surface area contributed by atoms with E-state index in [9.17, 15) is 23.6 Å². The minimum atomic E-state index is -3.81. The second-order valence-electron chi connectivity index (χ2n) is 7.64. The molecule has 0 aromatic heterocycles. The standard InChI is InChI=1S/C23H17N3O5S2.Cl2O2S/c1-33(30,31)22-13-15(26(28)29)8-9-19(22)24-25-20-10-11-21(27)18-7-3-6-17(23(18)20)14-4-2-5-16(32)12-14;1-5(2,3)4/h2-13,27,32H,1H3;. The molecule has 0 aliphatic carbocycles. The highest BCUT2D eigenvalue weighted by Gasteiger charge is 2.19. The lowest BCUT2D eigenvalue weighted by atomic mass is 9.96. The van der Waals surface area contributed by atoms with Gasteiger partial charge in [0, 0.05) is 55.4 Å². The average molecular weight is 615 g/mol. The number of nitro groups is 1. The molecule has 0 spiro atoms. The van der Waals surface area contributed by atoms with Crippen molar-refractivity contribution in [2.24, 2.45) is 10.2 Å². The van der Waals surface area contributed by atoms with Gasteiger partial charge in [0.05, 0.1) is 10.6 Å². The quantitative estimate of drug-likeness (QED) is 0.0811. The second kappa shape index (κ2) is 11.7. The van der Waals surface area contributed by atoms with E-state index in [4.69, 9.17) is 8.42 Å². The van der Waals surface area contributed by atoms with Crippen molar-refractivity contribution in [2.75, 3.05) is 6.26 Å². The average Bonchev–Trinajstić information content (AvgIpc) is 2.81. The SMILES string of the molecule is CS(=O)(=O)c1cc([N+](=O)[O-])ccc1N=Nc1ccc(O)c2cccc(-c3cccc(S)c3)c12.O=S(=O)(Cl)Cl. The van der Waals surface area contributed by atoms with Gasteiger partial charge in [-0.15, -0.1) is 22.9 Å². The Morgan fingerprint density at radius 3 is 2.11 bits per heavy atom. The van der Waals surface area contributed by atoms with Gasteiger partial charge in [0.15, 0.2) is 9.84 Å². The molecule has 0 radical (unpaired) electrons.